The van der Waals surface area contributed by atoms with Gasteiger partial charge in [-0.15, -0.1) is 0 Å². The first kappa shape index (κ1) is 72.5. The van der Waals surface area contributed by atoms with Gasteiger partial charge in [0.2, 0.25) is 11.9 Å². The van der Waals surface area contributed by atoms with Gasteiger partial charge in [0.15, 0.2) is 11.6 Å². The SMILES string of the molecule is c1ccc(-c2ccc(-c3cc(-c4ccc(-c5ccccc5)cc4)nc(-n4c5ccccc5c5cc(-c6cccc7c6c6ccccc6n7-c6ccccc6)ccc54)n3)cc2)cc1.c1ccc(-c2ccc(-c3nc(-c4ccc(-c5ccccc5)cc4)nc(-n4c5ccccc5c5cc(-c6cccc7c6c6ccccc6n7-c6ccccc6)ccc54)n3)cc2)cc1. The molecule has 24 aromatic rings. The van der Waals surface area contributed by atoms with Crippen molar-refractivity contribution in [2.75, 3.05) is 0 Å². The first-order valence-electron chi connectivity index (χ1n) is 42.0. The summed E-state index contributed by atoms with van der Waals surface area (Å²) in [5.41, 5.74) is 30.8. The van der Waals surface area contributed by atoms with E-state index in [9.17, 15) is 0 Å². The summed E-state index contributed by atoms with van der Waals surface area (Å²) in [5, 5.41) is 9.50. The molecule has 0 bridgehead atoms. The molecule has 24 rings (SSSR count). The molecule has 580 valence electrons. The molecule has 0 saturated carbocycles. The molecule has 18 aromatic carbocycles. The van der Waals surface area contributed by atoms with E-state index in [1.54, 1.807) is 0 Å². The van der Waals surface area contributed by atoms with E-state index in [0.29, 0.717) is 23.5 Å². The Hall–Kier alpha value is -16.8. The summed E-state index contributed by atoms with van der Waals surface area (Å²) in [4.78, 5) is 26.4. The molecule has 0 saturated heterocycles. The minimum absolute atomic E-state index is 0.566. The van der Waals surface area contributed by atoms with Crippen molar-refractivity contribution in [3.63, 3.8) is 0 Å². The topological polar surface area (TPSA) is 84.2 Å². The highest BCUT2D eigenvalue weighted by Crippen LogP contribution is 2.45. The van der Waals surface area contributed by atoms with E-state index in [-0.39, 0.29) is 0 Å². The Kier molecular flexibility index (Phi) is 18.0. The molecule has 0 aliphatic rings. The minimum atomic E-state index is 0.566. The lowest BCUT2D eigenvalue weighted by Gasteiger charge is -2.13. The van der Waals surface area contributed by atoms with Crippen molar-refractivity contribution in [2.45, 2.75) is 0 Å². The summed E-state index contributed by atoms with van der Waals surface area (Å²) in [5.74, 6) is 2.42. The Morgan fingerprint density at radius 1 is 0.145 bits per heavy atom. The summed E-state index contributed by atoms with van der Waals surface area (Å²) < 4.78 is 9.19. The fourth-order valence-corrected chi connectivity index (χ4v) is 18.3. The number of hydrogen-bond acceptors (Lipinski definition) is 5. The second kappa shape index (κ2) is 30.9. The molecule has 124 heavy (non-hydrogen) atoms. The highest BCUT2D eigenvalue weighted by molar-refractivity contribution is 6.19. The molecule has 0 radical (unpaired) electrons. The van der Waals surface area contributed by atoms with Crippen molar-refractivity contribution in [1.82, 2.24) is 43.2 Å². The van der Waals surface area contributed by atoms with E-state index < -0.39 is 0 Å². The van der Waals surface area contributed by atoms with Crippen LogP contribution < -0.4 is 0 Å². The van der Waals surface area contributed by atoms with Gasteiger partial charge in [-0.3, -0.25) is 9.13 Å². The van der Waals surface area contributed by atoms with Gasteiger partial charge in [-0.05, 0) is 158 Å². The van der Waals surface area contributed by atoms with Crippen LogP contribution in [0, 0.1) is 0 Å². The van der Waals surface area contributed by atoms with E-state index in [4.69, 9.17) is 24.9 Å². The summed E-state index contributed by atoms with van der Waals surface area (Å²) >= 11 is 0. The summed E-state index contributed by atoms with van der Waals surface area (Å²) in [6, 6.07) is 161. The number of aromatic nitrogens is 9. The first-order valence-corrected chi connectivity index (χ1v) is 42.0. The van der Waals surface area contributed by atoms with Crippen LogP contribution in [0.5, 0.6) is 0 Å². The van der Waals surface area contributed by atoms with Gasteiger partial charge in [-0.2, -0.15) is 9.97 Å². The van der Waals surface area contributed by atoms with Gasteiger partial charge in [-0.1, -0.05) is 364 Å². The van der Waals surface area contributed by atoms with Crippen LogP contribution in [0.15, 0.2) is 455 Å². The third kappa shape index (κ3) is 12.9. The molecule has 9 nitrogen and oxygen atoms in total. The van der Waals surface area contributed by atoms with Crippen LogP contribution in [0.2, 0.25) is 0 Å². The zero-order valence-corrected chi connectivity index (χ0v) is 67.3. The van der Waals surface area contributed by atoms with Crippen molar-refractivity contribution in [3.05, 3.63) is 455 Å². The van der Waals surface area contributed by atoms with Gasteiger partial charge < -0.3 is 9.13 Å². The van der Waals surface area contributed by atoms with Gasteiger partial charge >= 0.3 is 0 Å². The molecular weight excluding hydrogens is 1510 g/mol. The molecule has 0 aliphatic carbocycles. The number of benzene rings is 18. The first-order chi connectivity index (χ1) is 61.5. The zero-order chi connectivity index (χ0) is 82.0. The van der Waals surface area contributed by atoms with Crippen LogP contribution in [0.3, 0.4) is 0 Å². The molecule has 6 aromatic heterocycles. The van der Waals surface area contributed by atoms with E-state index in [0.717, 1.165) is 122 Å². The average molecular weight is 1580 g/mol. The molecule has 0 aliphatic heterocycles. The van der Waals surface area contributed by atoms with Gasteiger partial charge in [0, 0.05) is 76.7 Å². The van der Waals surface area contributed by atoms with Crippen LogP contribution in [0.1, 0.15) is 0 Å². The fraction of sp³-hybridized carbons (Fsp3) is 0. The molecule has 0 unspecified atom stereocenters. The monoisotopic (exact) mass is 1580 g/mol. The number of nitrogens with zero attached hydrogens (tertiary/aromatic N) is 9. The van der Waals surface area contributed by atoms with Crippen LogP contribution in [-0.2, 0) is 0 Å². The summed E-state index contributed by atoms with van der Waals surface area (Å²) in [6.07, 6.45) is 0. The van der Waals surface area contributed by atoms with Crippen molar-refractivity contribution >= 4 is 87.2 Å². The van der Waals surface area contributed by atoms with E-state index in [2.05, 4.69) is 461 Å². The maximum Gasteiger partial charge on any atom is 0.238 e. The number of para-hydroxylation sites is 6. The van der Waals surface area contributed by atoms with E-state index in [1.807, 2.05) is 12.1 Å². The molecule has 0 spiro atoms. The molecule has 0 atom stereocenters. The predicted molar refractivity (Wildman–Crippen MR) is 514 cm³/mol. The number of hydrogen-bond donors (Lipinski definition) is 0. The number of rotatable bonds is 14. The lowest BCUT2D eigenvalue weighted by atomic mass is 9.98. The molecule has 0 N–H and O–H groups in total. The highest BCUT2D eigenvalue weighted by atomic mass is 15.2. The fourth-order valence-electron chi connectivity index (χ4n) is 18.3. The van der Waals surface area contributed by atoms with Gasteiger partial charge in [-0.25, -0.2) is 15.0 Å². The van der Waals surface area contributed by atoms with Crippen molar-refractivity contribution in [3.8, 4) is 135 Å². The normalized spacial score (nSPS) is 11.5. The minimum Gasteiger partial charge on any atom is -0.309 e. The summed E-state index contributed by atoms with van der Waals surface area (Å²) in [6.45, 7) is 0. The molecule has 0 amide bonds. The maximum absolute atomic E-state index is 5.38. The molecule has 9 heteroatoms. The third-order valence-corrected chi connectivity index (χ3v) is 24.2. The average Bonchev–Trinajstić information content (AvgIpc) is 1.66. The molecular formula is C115H75N9. The van der Waals surface area contributed by atoms with E-state index >= 15 is 0 Å². The van der Waals surface area contributed by atoms with Crippen LogP contribution >= 0.6 is 0 Å². The molecule has 0 fully saturated rings. The Bertz CT molecular complexity index is 7460. The van der Waals surface area contributed by atoms with E-state index in [1.165, 1.54) is 77.0 Å². The lowest BCUT2D eigenvalue weighted by Crippen LogP contribution is -2.06. The van der Waals surface area contributed by atoms with Gasteiger partial charge in [0.25, 0.3) is 0 Å². The lowest BCUT2D eigenvalue weighted by molar-refractivity contribution is 0.953. The maximum atomic E-state index is 5.38. The quantitative estimate of drug-likeness (QED) is 0.108. The second-order valence-corrected chi connectivity index (χ2v) is 31.4. The van der Waals surface area contributed by atoms with Crippen molar-refractivity contribution in [1.29, 1.82) is 0 Å². The van der Waals surface area contributed by atoms with Crippen molar-refractivity contribution in [2.24, 2.45) is 0 Å². The van der Waals surface area contributed by atoms with Crippen LogP contribution in [0.25, 0.3) is 223 Å². The second-order valence-electron chi connectivity index (χ2n) is 31.4. The standard InChI is InChI=1S/C58H38N4.C57H37N5/c1-4-15-39(16-5-1)41-27-31-43(32-28-41)51-38-52(44-33-29-42(30-34-44)40-17-6-2-7-18-40)60-58(59-51)62-53-24-12-10-21-48(53)50-37-45(35-36-55(50)62)47-23-14-26-56-57(47)49-22-11-13-25-54(49)61(56)46-19-8-3-9-20-46;1-4-15-38(16-5-1)40-27-31-42(32-28-40)55-58-56(43-33-29-41(30-34-43)39-17-6-2-7-18-39)60-57(59-55)62-50-24-12-10-21-47(50)49-37-44(35-36-52(49)62)46-23-14-26-53-54(46)48-22-11-13-25-51(48)61(53)45-19-8-3-9-20-45/h1-38H;1-37H. The Labute approximate surface area is 716 Å². The van der Waals surface area contributed by atoms with Gasteiger partial charge in [0.1, 0.15) is 0 Å². The van der Waals surface area contributed by atoms with Crippen molar-refractivity contribution < 1.29 is 0 Å². The largest absolute Gasteiger partial charge is 0.309 e. The zero-order valence-electron chi connectivity index (χ0n) is 67.3. The number of fused-ring (bicyclic) bond motifs is 12. The predicted octanol–water partition coefficient (Wildman–Crippen LogP) is 29.4. The third-order valence-electron chi connectivity index (χ3n) is 24.2. The van der Waals surface area contributed by atoms with Crippen LogP contribution in [-0.4, -0.2) is 43.2 Å². The highest BCUT2D eigenvalue weighted by Gasteiger charge is 2.25. The van der Waals surface area contributed by atoms with Crippen LogP contribution in [0.4, 0.5) is 0 Å². The Morgan fingerprint density at radius 2 is 0.403 bits per heavy atom. The Morgan fingerprint density at radius 3 is 0.758 bits per heavy atom. The summed E-state index contributed by atoms with van der Waals surface area (Å²) in [7, 11) is 0. The Balaban J connectivity index is 0.000000143. The smallest absolute Gasteiger partial charge is 0.238 e. The molecule has 6 heterocycles. The van der Waals surface area contributed by atoms with Gasteiger partial charge in [0.05, 0.1) is 55.5 Å².